The molecule has 0 radical (unpaired) electrons. The van der Waals surface area contributed by atoms with Crippen LogP contribution in [0.2, 0.25) is 0 Å². The van der Waals surface area contributed by atoms with E-state index in [4.69, 9.17) is 5.73 Å². The Kier molecular flexibility index (Phi) is 4.74. The van der Waals surface area contributed by atoms with Crippen molar-refractivity contribution in [3.63, 3.8) is 0 Å². The van der Waals surface area contributed by atoms with E-state index in [-0.39, 0.29) is 17.7 Å². The first-order valence-electron chi connectivity index (χ1n) is 6.94. The van der Waals surface area contributed by atoms with Gasteiger partial charge in [0, 0.05) is 26.1 Å². The van der Waals surface area contributed by atoms with Crippen molar-refractivity contribution in [1.29, 1.82) is 0 Å². The van der Waals surface area contributed by atoms with Gasteiger partial charge in [0.2, 0.25) is 11.8 Å². The molecular weight excluding hydrogens is 254 g/mol. The van der Waals surface area contributed by atoms with Gasteiger partial charge in [-0.05, 0) is 18.4 Å². The van der Waals surface area contributed by atoms with Crippen molar-refractivity contribution in [3.8, 4) is 0 Å². The summed E-state index contributed by atoms with van der Waals surface area (Å²) in [5.74, 6) is 0.00742. The lowest BCUT2D eigenvalue weighted by atomic mass is 9.95. The van der Waals surface area contributed by atoms with Gasteiger partial charge in [0.05, 0.1) is 0 Å². The van der Waals surface area contributed by atoms with E-state index in [1.165, 1.54) is 0 Å². The molecule has 0 aliphatic carbocycles. The van der Waals surface area contributed by atoms with Crippen molar-refractivity contribution in [2.24, 2.45) is 11.7 Å². The van der Waals surface area contributed by atoms with Gasteiger partial charge in [0.25, 0.3) is 0 Å². The Morgan fingerprint density at radius 1 is 1.25 bits per heavy atom. The highest BCUT2D eigenvalue weighted by atomic mass is 16.2. The molecule has 108 valence electrons. The van der Waals surface area contributed by atoms with Crippen molar-refractivity contribution in [1.82, 2.24) is 10.2 Å². The van der Waals surface area contributed by atoms with Gasteiger partial charge in [0.1, 0.15) is 6.04 Å². The molecule has 1 atom stereocenters. The lowest BCUT2D eigenvalue weighted by Gasteiger charge is -2.32. The average molecular weight is 275 g/mol. The molecule has 0 unspecified atom stereocenters. The van der Waals surface area contributed by atoms with Gasteiger partial charge in [-0.25, -0.2) is 0 Å². The predicted octanol–water partition coefficient (Wildman–Crippen LogP) is 0.671. The summed E-state index contributed by atoms with van der Waals surface area (Å²) in [6, 6.07) is 8.75. The average Bonchev–Trinajstić information content (AvgIpc) is 2.53. The van der Waals surface area contributed by atoms with Gasteiger partial charge in [0.15, 0.2) is 0 Å². The highest BCUT2D eigenvalue weighted by molar-refractivity contribution is 5.84. The van der Waals surface area contributed by atoms with Crippen LogP contribution in [0.15, 0.2) is 30.3 Å². The van der Waals surface area contributed by atoms with Crippen molar-refractivity contribution < 1.29 is 9.59 Å². The molecule has 1 aliphatic heterocycles. The first-order chi connectivity index (χ1) is 9.63. The van der Waals surface area contributed by atoms with E-state index in [9.17, 15) is 9.59 Å². The third kappa shape index (κ3) is 3.17. The van der Waals surface area contributed by atoms with E-state index < -0.39 is 6.04 Å². The standard InChI is InChI=1S/C15H21N3O2/c1-17-14(19)12-7-9-18(10-8-12)15(20)13(16)11-5-3-2-4-6-11/h2-6,12-13H,7-10,16H2,1H3,(H,17,19)/t13-/m1/s1. The Bertz CT molecular complexity index is 467. The molecule has 20 heavy (non-hydrogen) atoms. The molecule has 1 aromatic carbocycles. The topological polar surface area (TPSA) is 75.4 Å². The van der Waals surface area contributed by atoms with Crippen LogP contribution in [0.25, 0.3) is 0 Å². The SMILES string of the molecule is CNC(=O)C1CCN(C(=O)[C@H](N)c2ccccc2)CC1. The highest BCUT2D eigenvalue weighted by Gasteiger charge is 2.29. The van der Waals surface area contributed by atoms with Gasteiger partial charge in [-0.3, -0.25) is 9.59 Å². The van der Waals surface area contributed by atoms with Crippen molar-refractivity contribution in [3.05, 3.63) is 35.9 Å². The molecule has 0 saturated carbocycles. The zero-order valence-electron chi connectivity index (χ0n) is 11.7. The van der Waals surface area contributed by atoms with Crippen LogP contribution < -0.4 is 11.1 Å². The minimum Gasteiger partial charge on any atom is -0.359 e. The summed E-state index contributed by atoms with van der Waals surface area (Å²) in [5.41, 5.74) is 6.84. The molecule has 5 nitrogen and oxygen atoms in total. The largest absolute Gasteiger partial charge is 0.359 e. The first-order valence-corrected chi connectivity index (χ1v) is 6.94. The lowest BCUT2D eigenvalue weighted by molar-refractivity contribution is -0.136. The number of likely N-dealkylation sites (tertiary alicyclic amines) is 1. The molecule has 0 bridgehead atoms. The number of nitrogens with one attached hydrogen (secondary N) is 1. The van der Waals surface area contributed by atoms with Crippen LogP contribution in [0, 0.1) is 5.92 Å². The summed E-state index contributed by atoms with van der Waals surface area (Å²) in [5, 5.41) is 2.66. The number of rotatable bonds is 3. The van der Waals surface area contributed by atoms with Crippen LogP contribution in [-0.4, -0.2) is 36.9 Å². The van der Waals surface area contributed by atoms with E-state index in [1.807, 2.05) is 30.3 Å². The summed E-state index contributed by atoms with van der Waals surface area (Å²) in [6.07, 6.45) is 1.40. The first kappa shape index (κ1) is 14.5. The molecule has 2 rings (SSSR count). The number of benzene rings is 1. The molecule has 3 N–H and O–H groups in total. The maximum atomic E-state index is 12.3. The fourth-order valence-corrected chi connectivity index (χ4v) is 2.57. The second kappa shape index (κ2) is 6.52. The summed E-state index contributed by atoms with van der Waals surface area (Å²) >= 11 is 0. The van der Waals surface area contributed by atoms with Crippen molar-refractivity contribution >= 4 is 11.8 Å². The molecule has 1 saturated heterocycles. The Labute approximate surface area is 119 Å². The number of nitrogens with two attached hydrogens (primary N) is 1. The quantitative estimate of drug-likeness (QED) is 0.851. The molecule has 0 spiro atoms. The minimum atomic E-state index is -0.618. The predicted molar refractivity (Wildman–Crippen MR) is 76.7 cm³/mol. The number of amides is 2. The van der Waals surface area contributed by atoms with Crippen LogP contribution in [-0.2, 0) is 9.59 Å². The third-order valence-electron chi connectivity index (χ3n) is 3.85. The zero-order valence-corrected chi connectivity index (χ0v) is 11.7. The number of hydrogen-bond donors (Lipinski definition) is 2. The second-order valence-corrected chi connectivity index (χ2v) is 5.10. The van der Waals surface area contributed by atoms with Crippen molar-refractivity contribution in [2.75, 3.05) is 20.1 Å². The van der Waals surface area contributed by atoms with Crippen LogP contribution >= 0.6 is 0 Å². The van der Waals surface area contributed by atoms with E-state index >= 15 is 0 Å². The number of piperidine rings is 1. The van der Waals surface area contributed by atoms with E-state index in [0.717, 1.165) is 5.56 Å². The fourth-order valence-electron chi connectivity index (χ4n) is 2.57. The van der Waals surface area contributed by atoms with Crippen LogP contribution in [0.5, 0.6) is 0 Å². The summed E-state index contributed by atoms with van der Waals surface area (Å²) < 4.78 is 0. The van der Waals surface area contributed by atoms with Gasteiger partial charge in [-0.1, -0.05) is 30.3 Å². The van der Waals surface area contributed by atoms with Crippen LogP contribution in [0.3, 0.4) is 0 Å². The maximum Gasteiger partial charge on any atom is 0.244 e. The smallest absolute Gasteiger partial charge is 0.244 e. The maximum absolute atomic E-state index is 12.3. The monoisotopic (exact) mass is 275 g/mol. The number of carbonyl (C=O) groups excluding carboxylic acids is 2. The molecule has 1 heterocycles. The van der Waals surface area contributed by atoms with Crippen molar-refractivity contribution in [2.45, 2.75) is 18.9 Å². The molecule has 2 amide bonds. The summed E-state index contributed by atoms with van der Waals surface area (Å²) in [4.78, 5) is 25.7. The Morgan fingerprint density at radius 2 is 1.85 bits per heavy atom. The van der Waals surface area contributed by atoms with Crippen LogP contribution in [0.4, 0.5) is 0 Å². The number of nitrogens with zero attached hydrogens (tertiary/aromatic N) is 1. The second-order valence-electron chi connectivity index (χ2n) is 5.10. The molecule has 1 aliphatic rings. The van der Waals surface area contributed by atoms with Gasteiger partial charge < -0.3 is 16.0 Å². The Balaban J connectivity index is 1.93. The van der Waals surface area contributed by atoms with E-state index in [0.29, 0.717) is 25.9 Å². The molecule has 1 aromatic rings. The van der Waals surface area contributed by atoms with E-state index in [1.54, 1.807) is 11.9 Å². The molecular formula is C15H21N3O2. The minimum absolute atomic E-state index is 0.0111. The Hall–Kier alpha value is -1.88. The molecule has 0 aromatic heterocycles. The van der Waals surface area contributed by atoms with Gasteiger partial charge in [-0.2, -0.15) is 0 Å². The summed E-state index contributed by atoms with van der Waals surface area (Å²) in [6.45, 7) is 1.19. The molecule has 5 heteroatoms. The lowest BCUT2D eigenvalue weighted by Crippen LogP contribution is -2.45. The fraction of sp³-hybridized carbons (Fsp3) is 0.467. The normalized spacial score (nSPS) is 17.6. The Morgan fingerprint density at radius 3 is 2.40 bits per heavy atom. The number of carbonyl (C=O) groups is 2. The van der Waals surface area contributed by atoms with E-state index in [2.05, 4.69) is 5.32 Å². The zero-order chi connectivity index (χ0) is 14.5. The third-order valence-corrected chi connectivity index (χ3v) is 3.85. The number of hydrogen-bond acceptors (Lipinski definition) is 3. The highest BCUT2D eigenvalue weighted by Crippen LogP contribution is 2.20. The van der Waals surface area contributed by atoms with Gasteiger partial charge in [-0.15, -0.1) is 0 Å². The summed E-state index contributed by atoms with van der Waals surface area (Å²) in [7, 11) is 1.64. The van der Waals surface area contributed by atoms with Gasteiger partial charge >= 0.3 is 0 Å². The molecule has 1 fully saturated rings. The van der Waals surface area contributed by atoms with Crippen LogP contribution in [0.1, 0.15) is 24.4 Å².